The lowest BCUT2D eigenvalue weighted by molar-refractivity contribution is 0.288. The fourth-order valence-electron chi connectivity index (χ4n) is 1.44. The molecule has 1 aromatic carbocycles. The lowest BCUT2D eigenvalue weighted by atomic mass is 10.0. The lowest BCUT2D eigenvalue weighted by Crippen LogP contribution is -1.95. The van der Waals surface area contributed by atoms with Crippen LogP contribution < -0.4 is 0 Å². The molecule has 0 fully saturated rings. The largest absolute Gasteiger partial charge is 0.396 e. The first-order valence-corrected chi connectivity index (χ1v) is 5.04. The van der Waals surface area contributed by atoms with Crippen molar-refractivity contribution in [3.05, 3.63) is 34.3 Å². The predicted molar refractivity (Wildman–Crippen MR) is 56.2 cm³/mol. The van der Waals surface area contributed by atoms with Crippen LogP contribution >= 0.6 is 11.6 Å². The van der Waals surface area contributed by atoms with Gasteiger partial charge in [0.25, 0.3) is 0 Å². The Morgan fingerprint density at radius 1 is 1.31 bits per heavy atom. The molecule has 0 unspecified atom stereocenters. The van der Waals surface area contributed by atoms with Gasteiger partial charge in [-0.1, -0.05) is 24.6 Å². The first-order chi connectivity index (χ1) is 6.27. The van der Waals surface area contributed by atoms with E-state index in [0.717, 1.165) is 24.3 Å². The van der Waals surface area contributed by atoms with Gasteiger partial charge < -0.3 is 5.11 Å². The van der Waals surface area contributed by atoms with Crippen LogP contribution in [0, 0.1) is 0 Å². The van der Waals surface area contributed by atoms with Crippen molar-refractivity contribution in [1.82, 2.24) is 0 Å². The van der Waals surface area contributed by atoms with Crippen molar-refractivity contribution in [2.75, 3.05) is 6.61 Å². The van der Waals surface area contributed by atoms with Crippen molar-refractivity contribution >= 4 is 11.6 Å². The first kappa shape index (κ1) is 10.6. The maximum absolute atomic E-state index is 8.73. The van der Waals surface area contributed by atoms with Crippen molar-refractivity contribution in [2.45, 2.75) is 26.2 Å². The maximum Gasteiger partial charge on any atom is 0.0434 e. The van der Waals surface area contributed by atoms with E-state index >= 15 is 0 Å². The smallest absolute Gasteiger partial charge is 0.0434 e. The van der Waals surface area contributed by atoms with Crippen molar-refractivity contribution < 1.29 is 5.11 Å². The van der Waals surface area contributed by atoms with E-state index in [1.165, 1.54) is 11.1 Å². The lowest BCUT2D eigenvalue weighted by Gasteiger charge is -2.07. The summed E-state index contributed by atoms with van der Waals surface area (Å²) >= 11 is 5.89. The Morgan fingerprint density at radius 2 is 2.08 bits per heavy atom. The van der Waals surface area contributed by atoms with Crippen molar-refractivity contribution in [2.24, 2.45) is 0 Å². The second-order valence-corrected chi connectivity index (χ2v) is 3.53. The van der Waals surface area contributed by atoms with Crippen molar-refractivity contribution in [1.29, 1.82) is 0 Å². The zero-order valence-corrected chi connectivity index (χ0v) is 8.64. The number of rotatable bonds is 4. The van der Waals surface area contributed by atoms with E-state index < -0.39 is 0 Å². The van der Waals surface area contributed by atoms with Crippen molar-refractivity contribution in [3.8, 4) is 0 Å². The third-order valence-electron chi connectivity index (χ3n) is 2.15. The van der Waals surface area contributed by atoms with Gasteiger partial charge in [-0.15, -0.1) is 0 Å². The highest BCUT2D eigenvalue weighted by Gasteiger charge is 2.00. The first-order valence-electron chi connectivity index (χ1n) is 4.66. The number of halogens is 1. The molecule has 0 saturated heterocycles. The Bertz CT molecular complexity index is 271. The van der Waals surface area contributed by atoms with Gasteiger partial charge in [-0.05, 0) is 42.5 Å². The summed E-state index contributed by atoms with van der Waals surface area (Å²) in [5, 5.41) is 9.51. The highest BCUT2D eigenvalue weighted by atomic mass is 35.5. The molecule has 1 N–H and O–H groups in total. The minimum Gasteiger partial charge on any atom is -0.396 e. The topological polar surface area (TPSA) is 20.2 Å². The average Bonchev–Trinajstić information content (AvgIpc) is 2.15. The van der Waals surface area contributed by atoms with Crippen LogP contribution in [0.2, 0.25) is 5.02 Å². The molecule has 0 atom stereocenters. The number of benzene rings is 1. The van der Waals surface area contributed by atoms with Gasteiger partial charge in [0.1, 0.15) is 0 Å². The SMILES string of the molecule is CCc1ccc(Cl)cc1CCCO. The molecule has 0 aromatic heterocycles. The van der Waals surface area contributed by atoms with Crippen LogP contribution in [-0.4, -0.2) is 11.7 Å². The van der Waals surface area contributed by atoms with Crippen LogP contribution in [0.4, 0.5) is 0 Å². The molecule has 0 aliphatic carbocycles. The van der Waals surface area contributed by atoms with Crippen LogP contribution in [-0.2, 0) is 12.8 Å². The zero-order valence-electron chi connectivity index (χ0n) is 7.89. The molecule has 1 aromatic rings. The third kappa shape index (κ3) is 3.02. The summed E-state index contributed by atoms with van der Waals surface area (Å²) in [5.41, 5.74) is 2.60. The van der Waals surface area contributed by atoms with Gasteiger partial charge in [-0.3, -0.25) is 0 Å². The van der Waals surface area contributed by atoms with Gasteiger partial charge in [0.15, 0.2) is 0 Å². The second-order valence-electron chi connectivity index (χ2n) is 3.09. The summed E-state index contributed by atoms with van der Waals surface area (Å²) in [6.07, 6.45) is 2.76. The molecule has 0 aliphatic rings. The minimum atomic E-state index is 0.246. The van der Waals surface area contributed by atoms with Crippen LogP contribution in [0.25, 0.3) is 0 Å². The summed E-state index contributed by atoms with van der Waals surface area (Å²) in [6, 6.07) is 5.98. The molecule has 0 amide bonds. The molecule has 0 saturated carbocycles. The van der Waals surface area contributed by atoms with Gasteiger partial charge in [0.05, 0.1) is 0 Å². The Labute approximate surface area is 84.4 Å². The van der Waals surface area contributed by atoms with E-state index in [9.17, 15) is 0 Å². The van der Waals surface area contributed by atoms with E-state index in [0.29, 0.717) is 0 Å². The van der Waals surface area contributed by atoms with Crippen molar-refractivity contribution in [3.63, 3.8) is 0 Å². The fraction of sp³-hybridized carbons (Fsp3) is 0.455. The predicted octanol–water partition coefficient (Wildman–Crippen LogP) is 2.83. The fourth-order valence-corrected chi connectivity index (χ4v) is 1.64. The number of aryl methyl sites for hydroxylation is 2. The van der Waals surface area contributed by atoms with Gasteiger partial charge >= 0.3 is 0 Å². The van der Waals surface area contributed by atoms with E-state index in [1.807, 2.05) is 12.1 Å². The van der Waals surface area contributed by atoms with E-state index in [4.69, 9.17) is 16.7 Å². The van der Waals surface area contributed by atoms with Crippen LogP contribution in [0.5, 0.6) is 0 Å². The quantitative estimate of drug-likeness (QED) is 0.789. The number of hydrogen-bond donors (Lipinski definition) is 1. The molecule has 0 heterocycles. The monoisotopic (exact) mass is 198 g/mol. The molecule has 1 nitrogen and oxygen atoms in total. The Kier molecular flexibility index (Phi) is 4.26. The number of aliphatic hydroxyl groups excluding tert-OH is 1. The molecule has 0 spiro atoms. The van der Waals surface area contributed by atoms with Gasteiger partial charge in [0, 0.05) is 11.6 Å². The Hall–Kier alpha value is -0.530. The summed E-state index contributed by atoms with van der Waals surface area (Å²) in [5.74, 6) is 0. The summed E-state index contributed by atoms with van der Waals surface area (Å²) in [7, 11) is 0. The minimum absolute atomic E-state index is 0.246. The summed E-state index contributed by atoms with van der Waals surface area (Å²) < 4.78 is 0. The van der Waals surface area contributed by atoms with Gasteiger partial charge in [-0.25, -0.2) is 0 Å². The zero-order chi connectivity index (χ0) is 9.68. The van der Waals surface area contributed by atoms with Gasteiger partial charge in [0.2, 0.25) is 0 Å². The van der Waals surface area contributed by atoms with Gasteiger partial charge in [-0.2, -0.15) is 0 Å². The number of aliphatic hydroxyl groups is 1. The van der Waals surface area contributed by atoms with Crippen LogP contribution in [0.1, 0.15) is 24.5 Å². The average molecular weight is 199 g/mol. The highest BCUT2D eigenvalue weighted by Crippen LogP contribution is 2.17. The van der Waals surface area contributed by atoms with Crippen LogP contribution in [0.15, 0.2) is 18.2 Å². The summed E-state index contributed by atoms with van der Waals surface area (Å²) in [4.78, 5) is 0. The molecule has 2 heteroatoms. The van der Waals surface area contributed by atoms with Crippen LogP contribution in [0.3, 0.4) is 0 Å². The summed E-state index contributed by atoms with van der Waals surface area (Å²) in [6.45, 7) is 2.38. The van der Waals surface area contributed by atoms with E-state index in [1.54, 1.807) is 0 Å². The second kappa shape index (κ2) is 5.25. The molecule has 0 radical (unpaired) electrons. The molecule has 72 valence electrons. The highest BCUT2D eigenvalue weighted by molar-refractivity contribution is 6.30. The standard InChI is InChI=1S/C11H15ClO/c1-2-9-5-6-11(12)8-10(9)4-3-7-13/h5-6,8,13H,2-4,7H2,1H3. The third-order valence-corrected chi connectivity index (χ3v) is 2.39. The normalized spacial score (nSPS) is 10.4. The van der Waals surface area contributed by atoms with E-state index in [2.05, 4.69) is 13.0 Å². The number of hydrogen-bond acceptors (Lipinski definition) is 1. The molecule has 0 aliphatic heterocycles. The molecular formula is C11H15ClO. The van der Waals surface area contributed by atoms with E-state index in [-0.39, 0.29) is 6.61 Å². The molecular weight excluding hydrogens is 184 g/mol. The molecule has 13 heavy (non-hydrogen) atoms. The maximum atomic E-state index is 8.73. The Morgan fingerprint density at radius 3 is 2.69 bits per heavy atom. The molecule has 0 bridgehead atoms. The molecule has 1 rings (SSSR count). The Balaban J connectivity index is 2.81.